The van der Waals surface area contributed by atoms with Gasteiger partial charge in [0.05, 0.1) is 31.3 Å². The lowest BCUT2D eigenvalue weighted by Crippen LogP contribution is -2.51. The highest BCUT2D eigenvalue weighted by molar-refractivity contribution is 5.70. The van der Waals surface area contributed by atoms with Gasteiger partial charge in [0, 0.05) is 19.6 Å². The Morgan fingerprint density at radius 3 is 2.62 bits per heavy atom. The van der Waals surface area contributed by atoms with Gasteiger partial charge in [-0.05, 0) is 80.8 Å². The van der Waals surface area contributed by atoms with Crippen molar-refractivity contribution in [3.8, 4) is 23.3 Å². The monoisotopic (exact) mass is 647 g/mol. The molecule has 11 heteroatoms. The smallest absolute Gasteiger partial charge is 0.412 e. The van der Waals surface area contributed by atoms with E-state index in [1.54, 1.807) is 4.90 Å². The van der Waals surface area contributed by atoms with E-state index < -0.39 is 11.8 Å². The van der Waals surface area contributed by atoms with E-state index in [1.165, 1.54) is 25.7 Å². The van der Waals surface area contributed by atoms with Gasteiger partial charge >= 0.3 is 6.09 Å². The molecule has 3 saturated heterocycles. The second kappa shape index (κ2) is 13.9. The molecular weight excluding hydrogens is 602 g/mol. The highest BCUT2D eigenvalue weighted by Gasteiger charge is 2.53. The Balaban J connectivity index is 1.14. The molecule has 4 fully saturated rings. The lowest BCUT2D eigenvalue weighted by Gasteiger charge is -2.34. The van der Waals surface area contributed by atoms with Crippen molar-refractivity contribution in [3.63, 3.8) is 0 Å². The molecule has 1 saturated carbocycles. The number of carbonyl (C=O) groups excluding carboxylic acids is 1. The number of hydrogen-bond acceptors (Lipinski definition) is 10. The number of carbonyl (C=O) groups is 1. The Morgan fingerprint density at radius 1 is 1.02 bits per heavy atom. The molecular formula is C36H45N3O8. The predicted octanol–water partition coefficient (Wildman–Crippen LogP) is 5.26. The van der Waals surface area contributed by atoms with Crippen LogP contribution in [0.2, 0.25) is 0 Å². The molecule has 1 amide bonds. The standard InChI is InChI=1S/C36H45N3O8/c1-36(2)39(35(40)46-33-22-43-34-28(33)13-15-42-34)29(17-24-7-10-27(11-8-24)41-16-14-37)32(47-36)21-38(19-25-5-3-4-6-25)20-26-9-12-30-31(18-26)45-23-44-30/h7-12,18,25,28-29,32-34H,3-6,13,15-17,19-23H2,1-2H3. The zero-order valence-corrected chi connectivity index (χ0v) is 27.3. The van der Waals surface area contributed by atoms with Crippen LogP contribution in [-0.4, -0.2) is 85.9 Å². The largest absolute Gasteiger partial charge is 0.479 e. The maximum Gasteiger partial charge on any atom is 0.412 e. The molecule has 11 nitrogen and oxygen atoms in total. The molecule has 5 unspecified atom stereocenters. The molecule has 2 aromatic carbocycles. The van der Waals surface area contributed by atoms with Crippen LogP contribution in [0.25, 0.3) is 0 Å². The van der Waals surface area contributed by atoms with E-state index >= 15 is 0 Å². The predicted molar refractivity (Wildman–Crippen MR) is 170 cm³/mol. The number of amides is 1. The third kappa shape index (κ3) is 7.16. The van der Waals surface area contributed by atoms with E-state index in [2.05, 4.69) is 17.0 Å². The number of nitrogens with zero attached hydrogens (tertiary/aromatic N) is 3. The van der Waals surface area contributed by atoms with Crippen molar-refractivity contribution in [2.24, 2.45) is 11.8 Å². The molecule has 252 valence electrons. The van der Waals surface area contributed by atoms with Gasteiger partial charge in [0.1, 0.15) is 23.6 Å². The average Bonchev–Trinajstić information content (AvgIpc) is 3.88. The second-order valence-electron chi connectivity index (χ2n) is 13.8. The lowest BCUT2D eigenvalue weighted by molar-refractivity contribution is -0.0912. The molecule has 0 N–H and O–H groups in total. The minimum Gasteiger partial charge on any atom is -0.479 e. The molecule has 4 heterocycles. The van der Waals surface area contributed by atoms with Crippen LogP contribution in [0.5, 0.6) is 17.2 Å². The summed E-state index contributed by atoms with van der Waals surface area (Å²) in [4.78, 5) is 18.4. The second-order valence-corrected chi connectivity index (χ2v) is 13.8. The topological polar surface area (TPSA) is 112 Å². The minimum absolute atomic E-state index is 0.0103. The third-order valence-corrected chi connectivity index (χ3v) is 10.2. The highest BCUT2D eigenvalue weighted by atomic mass is 16.7. The van der Waals surface area contributed by atoms with Crippen LogP contribution < -0.4 is 14.2 Å². The summed E-state index contributed by atoms with van der Waals surface area (Å²) in [6.07, 6.45) is 5.05. The number of rotatable bonds is 11. The van der Waals surface area contributed by atoms with Gasteiger partial charge in [0.25, 0.3) is 0 Å². The number of ether oxygens (including phenoxy) is 7. The van der Waals surface area contributed by atoms with Crippen LogP contribution in [-0.2, 0) is 31.9 Å². The molecule has 7 rings (SSSR count). The van der Waals surface area contributed by atoms with Crippen LogP contribution in [0.4, 0.5) is 4.79 Å². The van der Waals surface area contributed by atoms with Crippen molar-refractivity contribution in [1.29, 1.82) is 5.26 Å². The molecule has 5 aliphatic rings. The Kier molecular flexibility index (Phi) is 9.46. The Morgan fingerprint density at radius 2 is 1.81 bits per heavy atom. The maximum absolute atomic E-state index is 14.1. The van der Waals surface area contributed by atoms with Crippen LogP contribution in [0.15, 0.2) is 42.5 Å². The molecule has 5 atom stereocenters. The Hall–Kier alpha value is -3.56. The van der Waals surface area contributed by atoms with E-state index in [9.17, 15) is 4.79 Å². The molecule has 1 aliphatic carbocycles. The number of fused-ring (bicyclic) bond motifs is 2. The summed E-state index contributed by atoms with van der Waals surface area (Å²) in [5.41, 5.74) is 1.29. The van der Waals surface area contributed by atoms with Crippen molar-refractivity contribution < 1.29 is 38.0 Å². The molecule has 2 aromatic rings. The van der Waals surface area contributed by atoms with Crippen LogP contribution in [0.3, 0.4) is 0 Å². The van der Waals surface area contributed by atoms with Crippen LogP contribution in [0.1, 0.15) is 57.1 Å². The number of benzene rings is 2. The van der Waals surface area contributed by atoms with Gasteiger partial charge in [0.15, 0.2) is 24.4 Å². The first-order chi connectivity index (χ1) is 22.9. The van der Waals surface area contributed by atoms with Gasteiger partial charge in [-0.25, -0.2) is 4.79 Å². The highest BCUT2D eigenvalue weighted by Crippen LogP contribution is 2.39. The summed E-state index contributed by atoms with van der Waals surface area (Å²) in [5.74, 6) is 2.86. The Labute approximate surface area is 276 Å². The molecule has 47 heavy (non-hydrogen) atoms. The summed E-state index contributed by atoms with van der Waals surface area (Å²) in [6.45, 7) is 7.42. The fourth-order valence-electron chi connectivity index (χ4n) is 7.93. The van der Waals surface area contributed by atoms with Crippen LogP contribution >= 0.6 is 0 Å². The maximum atomic E-state index is 14.1. The van der Waals surface area contributed by atoms with Gasteiger partial charge in [-0.1, -0.05) is 31.0 Å². The minimum atomic E-state index is -0.898. The van der Waals surface area contributed by atoms with Gasteiger partial charge < -0.3 is 33.2 Å². The SMILES string of the molecule is CC1(C)OC(CN(Cc2ccc3c(c2)OCO3)CC2CCCC2)C(Cc2ccc(OCC#N)cc2)N1C(=O)OC1COC2OCCC12. The number of nitriles is 1. The van der Waals surface area contributed by atoms with Crippen molar-refractivity contribution in [1.82, 2.24) is 9.80 Å². The van der Waals surface area contributed by atoms with Gasteiger partial charge in [-0.15, -0.1) is 0 Å². The normalized spacial score (nSPS) is 27.7. The molecule has 4 aliphatic heterocycles. The summed E-state index contributed by atoms with van der Waals surface area (Å²) < 4.78 is 41.2. The van der Waals surface area contributed by atoms with E-state index in [1.807, 2.05) is 50.2 Å². The quantitative estimate of drug-likeness (QED) is 0.320. The van der Waals surface area contributed by atoms with Gasteiger partial charge in [-0.2, -0.15) is 5.26 Å². The summed E-state index contributed by atoms with van der Waals surface area (Å²) in [7, 11) is 0. The molecule has 0 aromatic heterocycles. The molecule has 0 bridgehead atoms. The summed E-state index contributed by atoms with van der Waals surface area (Å²) in [5, 5.41) is 8.91. The zero-order valence-electron chi connectivity index (χ0n) is 27.3. The summed E-state index contributed by atoms with van der Waals surface area (Å²) in [6, 6.07) is 15.6. The first-order valence-corrected chi connectivity index (χ1v) is 17.0. The summed E-state index contributed by atoms with van der Waals surface area (Å²) >= 11 is 0. The fourth-order valence-corrected chi connectivity index (χ4v) is 7.93. The van der Waals surface area contributed by atoms with E-state index in [-0.39, 0.29) is 43.9 Å². The molecule has 0 spiro atoms. The first-order valence-electron chi connectivity index (χ1n) is 17.0. The lowest BCUT2D eigenvalue weighted by atomic mass is 9.98. The van der Waals surface area contributed by atoms with E-state index in [4.69, 9.17) is 38.4 Å². The molecule has 0 radical (unpaired) electrons. The van der Waals surface area contributed by atoms with Crippen molar-refractivity contribution >= 4 is 6.09 Å². The number of hydrogen-bond donors (Lipinski definition) is 0. The van der Waals surface area contributed by atoms with E-state index in [0.29, 0.717) is 37.8 Å². The van der Waals surface area contributed by atoms with Crippen molar-refractivity contribution in [2.45, 2.75) is 89.2 Å². The zero-order chi connectivity index (χ0) is 32.4. The van der Waals surface area contributed by atoms with Gasteiger partial charge in [-0.3, -0.25) is 9.80 Å². The van der Waals surface area contributed by atoms with Gasteiger partial charge in [0.2, 0.25) is 6.79 Å². The average molecular weight is 648 g/mol. The fraction of sp³-hybridized carbons (Fsp3) is 0.611. The first kappa shape index (κ1) is 32.0. The third-order valence-electron chi connectivity index (χ3n) is 10.2. The van der Waals surface area contributed by atoms with Crippen molar-refractivity contribution in [3.05, 3.63) is 53.6 Å². The van der Waals surface area contributed by atoms with Crippen molar-refractivity contribution in [2.75, 3.05) is 39.7 Å². The Bertz CT molecular complexity index is 1440. The van der Waals surface area contributed by atoms with E-state index in [0.717, 1.165) is 42.1 Å². The van der Waals surface area contributed by atoms with Crippen LogP contribution in [0, 0.1) is 23.2 Å².